The quantitative estimate of drug-likeness (QED) is 0.118. The molecular formula is C28H20Cl2F3N3O4S. The fourth-order valence-electron chi connectivity index (χ4n) is 3.67. The van der Waals surface area contributed by atoms with Gasteiger partial charge in [-0.1, -0.05) is 41.4 Å². The molecular weight excluding hydrogens is 602 g/mol. The van der Waals surface area contributed by atoms with E-state index in [2.05, 4.69) is 15.8 Å². The van der Waals surface area contributed by atoms with Gasteiger partial charge >= 0.3 is 6.18 Å². The third-order valence-corrected chi connectivity index (χ3v) is 7.38. The maximum atomic E-state index is 13.1. The van der Waals surface area contributed by atoms with E-state index in [0.717, 1.165) is 18.3 Å². The second-order valence-electron chi connectivity index (χ2n) is 8.59. The van der Waals surface area contributed by atoms with Crippen LogP contribution in [0.5, 0.6) is 0 Å². The Balaban J connectivity index is 1.44. The Hall–Kier alpha value is -3.77. The first-order chi connectivity index (χ1) is 19.5. The van der Waals surface area contributed by atoms with Crippen LogP contribution in [0.1, 0.15) is 43.2 Å². The number of hydrazone groups is 1. The second kappa shape index (κ2) is 13.3. The summed E-state index contributed by atoms with van der Waals surface area (Å²) in [6, 6.07) is 17.4. The number of halogens is 5. The van der Waals surface area contributed by atoms with E-state index in [4.69, 9.17) is 27.6 Å². The number of hydrogen-bond acceptors (Lipinski definition) is 5. The molecule has 1 atom stereocenters. The Bertz CT molecular complexity index is 1580. The van der Waals surface area contributed by atoms with E-state index in [1.54, 1.807) is 36.4 Å². The van der Waals surface area contributed by atoms with E-state index in [1.165, 1.54) is 30.5 Å². The van der Waals surface area contributed by atoms with Crippen molar-refractivity contribution in [3.8, 4) is 0 Å². The summed E-state index contributed by atoms with van der Waals surface area (Å²) in [6.07, 6.45) is -2.13. The van der Waals surface area contributed by atoms with Crippen molar-refractivity contribution in [2.24, 2.45) is 5.10 Å². The number of nitrogens with zero attached hydrogens (tertiary/aromatic N) is 1. The molecule has 2 amide bonds. The van der Waals surface area contributed by atoms with Gasteiger partial charge in [-0.25, -0.2) is 5.43 Å². The summed E-state index contributed by atoms with van der Waals surface area (Å²) in [4.78, 5) is 25.8. The molecule has 0 saturated carbocycles. The van der Waals surface area contributed by atoms with Gasteiger partial charge in [-0.2, -0.15) is 18.3 Å². The summed E-state index contributed by atoms with van der Waals surface area (Å²) < 4.78 is 57.0. The van der Waals surface area contributed by atoms with Crippen molar-refractivity contribution < 1.29 is 31.7 Å². The number of amides is 2. The van der Waals surface area contributed by atoms with Gasteiger partial charge in [0.15, 0.2) is 11.5 Å². The molecule has 1 heterocycles. The van der Waals surface area contributed by atoms with E-state index >= 15 is 0 Å². The van der Waals surface area contributed by atoms with Crippen molar-refractivity contribution >= 4 is 58.1 Å². The molecule has 1 aromatic heterocycles. The molecule has 0 aliphatic heterocycles. The van der Waals surface area contributed by atoms with Crippen molar-refractivity contribution in [1.82, 2.24) is 5.43 Å². The van der Waals surface area contributed by atoms with E-state index in [0.29, 0.717) is 11.3 Å². The molecule has 0 aliphatic rings. The molecule has 4 aromatic rings. The standard InChI is InChI=1S/C28H20Cl2F3N3O4S/c29-20-7-9-25(22(13-20)27(38)36-34-14-17-6-8-24(30)23(12-17)28(31,32)33)35-26(37)19-4-1-3-18(11-19)15-41(39)16-21-5-2-10-40-21/h1-14H,15-16H2,(H,35,37)(H,36,38). The van der Waals surface area contributed by atoms with Crippen LogP contribution in [0.4, 0.5) is 18.9 Å². The van der Waals surface area contributed by atoms with E-state index in [9.17, 15) is 27.3 Å². The van der Waals surface area contributed by atoms with Crippen LogP contribution >= 0.6 is 23.2 Å². The van der Waals surface area contributed by atoms with Crippen molar-refractivity contribution in [2.45, 2.75) is 17.7 Å². The molecule has 212 valence electrons. The largest absolute Gasteiger partial charge is 0.616 e. The minimum atomic E-state index is -4.66. The molecule has 0 fully saturated rings. The molecule has 4 rings (SSSR count). The van der Waals surface area contributed by atoms with Gasteiger partial charge in [-0.05, 0) is 71.3 Å². The van der Waals surface area contributed by atoms with Crippen molar-refractivity contribution in [3.05, 3.63) is 123 Å². The minimum absolute atomic E-state index is 0.0363. The molecule has 0 radical (unpaired) electrons. The molecule has 0 spiro atoms. The molecule has 2 N–H and O–H groups in total. The van der Waals surface area contributed by atoms with Crippen LogP contribution in [0.15, 0.2) is 88.6 Å². The maximum absolute atomic E-state index is 13.1. The van der Waals surface area contributed by atoms with Gasteiger partial charge < -0.3 is 14.3 Å². The van der Waals surface area contributed by atoms with E-state index in [-0.39, 0.29) is 38.9 Å². The Morgan fingerprint density at radius 3 is 2.51 bits per heavy atom. The van der Waals surface area contributed by atoms with Crippen LogP contribution in [-0.2, 0) is 28.9 Å². The molecule has 0 bridgehead atoms. The highest BCUT2D eigenvalue weighted by molar-refractivity contribution is 7.89. The molecule has 7 nitrogen and oxygen atoms in total. The Morgan fingerprint density at radius 2 is 1.78 bits per heavy atom. The van der Waals surface area contributed by atoms with Crippen LogP contribution in [0.25, 0.3) is 0 Å². The summed E-state index contributed by atoms with van der Waals surface area (Å²) >= 11 is 10.4. The predicted octanol–water partition coefficient (Wildman–Crippen LogP) is 7.07. The average molecular weight is 622 g/mol. The van der Waals surface area contributed by atoms with Crippen LogP contribution in [0.3, 0.4) is 0 Å². The Morgan fingerprint density at radius 1 is 0.976 bits per heavy atom. The highest BCUT2D eigenvalue weighted by Crippen LogP contribution is 2.34. The number of furan rings is 1. The smallest absolute Gasteiger partial charge is 0.417 e. The third-order valence-electron chi connectivity index (χ3n) is 5.55. The van der Waals surface area contributed by atoms with Crippen LogP contribution in [0, 0.1) is 0 Å². The highest BCUT2D eigenvalue weighted by Gasteiger charge is 2.33. The second-order valence-corrected chi connectivity index (χ2v) is 10.9. The van der Waals surface area contributed by atoms with Crippen LogP contribution in [-0.4, -0.2) is 22.6 Å². The summed E-state index contributed by atoms with van der Waals surface area (Å²) in [5, 5.41) is 6.10. The highest BCUT2D eigenvalue weighted by atomic mass is 35.5. The van der Waals surface area contributed by atoms with Crippen LogP contribution in [0.2, 0.25) is 10.0 Å². The first-order valence-corrected chi connectivity index (χ1v) is 14.0. The summed E-state index contributed by atoms with van der Waals surface area (Å²) in [7, 11) is 0. The van der Waals surface area contributed by atoms with Gasteiger partial charge in [0.05, 0.1) is 34.3 Å². The summed E-state index contributed by atoms with van der Waals surface area (Å²) in [5.74, 6) is -0.284. The number of rotatable bonds is 9. The van der Waals surface area contributed by atoms with E-state index < -0.39 is 39.8 Å². The average Bonchev–Trinajstić information content (AvgIpc) is 3.43. The van der Waals surface area contributed by atoms with Crippen molar-refractivity contribution in [2.75, 3.05) is 5.32 Å². The van der Waals surface area contributed by atoms with Gasteiger partial charge in [0.1, 0.15) is 5.75 Å². The summed E-state index contributed by atoms with van der Waals surface area (Å²) in [6.45, 7) is 0. The maximum Gasteiger partial charge on any atom is 0.417 e. The van der Waals surface area contributed by atoms with Gasteiger partial charge in [0, 0.05) is 16.1 Å². The normalized spacial score (nSPS) is 12.3. The topological polar surface area (TPSA) is 107 Å². The molecule has 0 saturated heterocycles. The molecule has 41 heavy (non-hydrogen) atoms. The number of anilines is 1. The van der Waals surface area contributed by atoms with Crippen molar-refractivity contribution in [3.63, 3.8) is 0 Å². The Kier molecular flexibility index (Phi) is 9.77. The zero-order valence-corrected chi connectivity index (χ0v) is 23.2. The molecule has 3 aromatic carbocycles. The lowest BCUT2D eigenvalue weighted by molar-refractivity contribution is -0.137. The number of benzene rings is 3. The lowest BCUT2D eigenvalue weighted by Gasteiger charge is -2.12. The number of nitrogens with one attached hydrogen (secondary N) is 2. The van der Waals surface area contributed by atoms with Crippen molar-refractivity contribution in [1.29, 1.82) is 0 Å². The molecule has 13 heteroatoms. The zero-order valence-electron chi connectivity index (χ0n) is 20.9. The van der Waals surface area contributed by atoms with Gasteiger partial charge in [-0.3, -0.25) is 9.59 Å². The Labute approximate surface area is 245 Å². The first kappa shape index (κ1) is 30.2. The van der Waals surface area contributed by atoms with Gasteiger partial charge in [0.2, 0.25) is 0 Å². The fourth-order valence-corrected chi connectivity index (χ4v) is 5.20. The number of hydrogen-bond donors (Lipinski definition) is 2. The van der Waals surface area contributed by atoms with Gasteiger partial charge in [-0.15, -0.1) is 0 Å². The minimum Gasteiger partial charge on any atom is -0.616 e. The number of carbonyl (C=O) groups is 2. The summed E-state index contributed by atoms with van der Waals surface area (Å²) in [5.41, 5.74) is 2.23. The monoisotopic (exact) mass is 621 g/mol. The first-order valence-electron chi connectivity index (χ1n) is 11.8. The third kappa shape index (κ3) is 8.37. The number of carbonyl (C=O) groups excluding carboxylic acids is 2. The van der Waals surface area contributed by atoms with Crippen LogP contribution < -0.4 is 10.7 Å². The van der Waals surface area contributed by atoms with E-state index in [1.807, 2.05) is 0 Å². The zero-order chi connectivity index (χ0) is 29.6. The molecule has 1 unspecified atom stereocenters. The lowest BCUT2D eigenvalue weighted by atomic mass is 10.1. The molecule has 0 aliphatic carbocycles. The predicted molar refractivity (Wildman–Crippen MR) is 152 cm³/mol. The SMILES string of the molecule is O=C(Nc1ccc(Cl)cc1C(=O)NN=Cc1ccc(Cl)c(C(F)(F)F)c1)c1cccc(C[S+]([O-])Cc2ccco2)c1. The number of alkyl halides is 3. The lowest BCUT2D eigenvalue weighted by Crippen LogP contribution is -2.21. The fraction of sp³-hybridized carbons (Fsp3) is 0.107. The van der Waals surface area contributed by atoms with Gasteiger partial charge in [0.25, 0.3) is 11.8 Å².